The average molecular weight is 256 g/mol. The van der Waals surface area contributed by atoms with E-state index in [1.165, 1.54) is 6.07 Å². The first kappa shape index (κ1) is 14.6. The normalized spacial score (nSPS) is 10.7. The summed E-state index contributed by atoms with van der Waals surface area (Å²) in [7, 11) is 1.80. The molecule has 0 unspecified atom stereocenters. The molecule has 0 spiro atoms. The van der Waals surface area contributed by atoms with Crippen LogP contribution < -0.4 is 5.32 Å². The van der Waals surface area contributed by atoms with Gasteiger partial charge in [-0.1, -0.05) is 19.4 Å². The molecule has 0 heterocycles. The number of para-hydroxylation sites is 1. The molecule has 1 rings (SSSR count). The van der Waals surface area contributed by atoms with Crippen molar-refractivity contribution in [3.63, 3.8) is 0 Å². The maximum atomic E-state index is 13.3. The van der Waals surface area contributed by atoms with Gasteiger partial charge in [0.1, 0.15) is 17.3 Å². The molecule has 3 nitrogen and oxygen atoms in total. The van der Waals surface area contributed by atoms with E-state index < -0.39 is 17.5 Å². The van der Waals surface area contributed by atoms with E-state index in [9.17, 15) is 13.6 Å². The number of amides is 1. The van der Waals surface area contributed by atoms with E-state index in [4.69, 9.17) is 0 Å². The van der Waals surface area contributed by atoms with Crippen LogP contribution in [0.3, 0.4) is 0 Å². The molecule has 1 amide bonds. The van der Waals surface area contributed by atoms with Crippen LogP contribution in [0.2, 0.25) is 0 Å². The van der Waals surface area contributed by atoms with Gasteiger partial charge >= 0.3 is 0 Å². The van der Waals surface area contributed by atoms with Gasteiger partial charge in [-0.2, -0.15) is 0 Å². The Bertz CT molecular complexity index is 390. The van der Waals surface area contributed by atoms with Gasteiger partial charge in [-0.05, 0) is 32.1 Å². The van der Waals surface area contributed by atoms with Crippen LogP contribution in [-0.4, -0.2) is 30.9 Å². The van der Waals surface area contributed by atoms with Gasteiger partial charge in [0.2, 0.25) is 5.91 Å². The van der Waals surface area contributed by atoms with Crippen LogP contribution in [0, 0.1) is 11.6 Å². The third-order valence-corrected chi connectivity index (χ3v) is 2.53. The summed E-state index contributed by atoms with van der Waals surface area (Å²) >= 11 is 0. The largest absolute Gasteiger partial charge is 0.320 e. The SMILES string of the molecule is CCCCN(C)CC(=O)Nc1c(F)cccc1F. The summed E-state index contributed by atoms with van der Waals surface area (Å²) in [5.41, 5.74) is -0.383. The molecule has 100 valence electrons. The molecule has 0 atom stereocenters. The van der Waals surface area contributed by atoms with Crippen LogP contribution in [0.5, 0.6) is 0 Å². The number of likely N-dealkylation sites (N-methyl/N-ethyl adjacent to an activating group) is 1. The maximum Gasteiger partial charge on any atom is 0.238 e. The number of carbonyl (C=O) groups is 1. The summed E-state index contributed by atoms with van der Waals surface area (Å²) in [6.45, 7) is 2.96. The highest BCUT2D eigenvalue weighted by molar-refractivity contribution is 5.92. The number of unbranched alkanes of at least 4 members (excludes halogenated alkanes) is 1. The van der Waals surface area contributed by atoms with Gasteiger partial charge in [0.05, 0.1) is 6.54 Å². The number of hydrogen-bond donors (Lipinski definition) is 1. The molecular formula is C13H18F2N2O. The van der Waals surface area contributed by atoms with Gasteiger partial charge in [0.15, 0.2) is 0 Å². The zero-order valence-corrected chi connectivity index (χ0v) is 10.7. The first-order valence-electron chi connectivity index (χ1n) is 5.97. The van der Waals surface area contributed by atoms with Crippen molar-refractivity contribution in [2.75, 3.05) is 25.5 Å². The minimum Gasteiger partial charge on any atom is -0.320 e. The van der Waals surface area contributed by atoms with Crippen molar-refractivity contribution in [2.45, 2.75) is 19.8 Å². The first-order valence-corrected chi connectivity index (χ1v) is 5.97. The summed E-state index contributed by atoms with van der Waals surface area (Å²) in [6.07, 6.45) is 2.02. The fourth-order valence-corrected chi connectivity index (χ4v) is 1.55. The summed E-state index contributed by atoms with van der Waals surface area (Å²) in [5, 5.41) is 2.26. The van der Waals surface area contributed by atoms with E-state index in [1.807, 2.05) is 4.90 Å². The van der Waals surface area contributed by atoms with Crippen molar-refractivity contribution in [1.82, 2.24) is 4.90 Å². The predicted octanol–water partition coefficient (Wildman–Crippen LogP) is 2.64. The molecular weight excluding hydrogens is 238 g/mol. The van der Waals surface area contributed by atoms with Crippen molar-refractivity contribution >= 4 is 11.6 Å². The van der Waals surface area contributed by atoms with E-state index in [1.54, 1.807) is 7.05 Å². The molecule has 0 radical (unpaired) electrons. The Morgan fingerprint density at radius 3 is 2.50 bits per heavy atom. The minimum absolute atomic E-state index is 0.119. The molecule has 1 aromatic rings. The number of hydrogen-bond acceptors (Lipinski definition) is 2. The Kier molecular flexibility index (Phi) is 5.71. The molecule has 0 aliphatic carbocycles. The summed E-state index contributed by atoms with van der Waals surface area (Å²) in [6, 6.07) is 3.48. The third kappa shape index (κ3) is 4.41. The topological polar surface area (TPSA) is 32.3 Å². The lowest BCUT2D eigenvalue weighted by Crippen LogP contribution is -2.31. The van der Waals surface area contributed by atoms with Crippen LogP contribution in [0.25, 0.3) is 0 Å². The lowest BCUT2D eigenvalue weighted by Gasteiger charge is -2.16. The van der Waals surface area contributed by atoms with Crippen molar-refractivity contribution in [2.24, 2.45) is 0 Å². The van der Waals surface area contributed by atoms with Crippen LogP contribution >= 0.6 is 0 Å². The van der Waals surface area contributed by atoms with Gasteiger partial charge < -0.3 is 5.32 Å². The van der Waals surface area contributed by atoms with E-state index >= 15 is 0 Å². The highest BCUT2D eigenvalue weighted by atomic mass is 19.1. The highest BCUT2D eigenvalue weighted by Crippen LogP contribution is 2.17. The predicted molar refractivity (Wildman–Crippen MR) is 67.4 cm³/mol. The summed E-state index contributed by atoms with van der Waals surface area (Å²) < 4.78 is 26.6. The van der Waals surface area contributed by atoms with Gasteiger partial charge in [-0.3, -0.25) is 9.69 Å². The molecule has 0 fully saturated rings. The molecule has 1 N–H and O–H groups in total. The highest BCUT2D eigenvalue weighted by Gasteiger charge is 2.12. The Balaban J connectivity index is 2.54. The number of halogens is 2. The first-order chi connectivity index (χ1) is 8.54. The standard InChI is InChI=1S/C13H18F2N2O/c1-3-4-8-17(2)9-12(18)16-13-10(14)6-5-7-11(13)15/h5-7H,3-4,8-9H2,1-2H3,(H,16,18). The molecule has 0 aliphatic heterocycles. The van der Waals surface area contributed by atoms with E-state index in [0.29, 0.717) is 0 Å². The molecule has 0 aromatic heterocycles. The second kappa shape index (κ2) is 7.06. The van der Waals surface area contributed by atoms with Crippen LogP contribution in [0.1, 0.15) is 19.8 Å². The van der Waals surface area contributed by atoms with Crippen molar-refractivity contribution < 1.29 is 13.6 Å². The Labute approximate surface area is 106 Å². The zero-order valence-electron chi connectivity index (χ0n) is 10.7. The van der Waals surface area contributed by atoms with Crippen LogP contribution in [0.4, 0.5) is 14.5 Å². The third-order valence-electron chi connectivity index (χ3n) is 2.53. The molecule has 5 heteroatoms. The molecule has 0 bridgehead atoms. The van der Waals surface area contributed by atoms with E-state index in [-0.39, 0.29) is 12.2 Å². The van der Waals surface area contributed by atoms with Crippen LogP contribution in [-0.2, 0) is 4.79 Å². The monoisotopic (exact) mass is 256 g/mol. The number of carbonyl (C=O) groups excluding carboxylic acids is 1. The van der Waals surface area contributed by atoms with E-state index in [0.717, 1.165) is 31.5 Å². The number of rotatable bonds is 6. The van der Waals surface area contributed by atoms with Gasteiger partial charge in [0, 0.05) is 0 Å². The summed E-state index contributed by atoms with van der Waals surface area (Å²) in [4.78, 5) is 13.4. The second-order valence-electron chi connectivity index (χ2n) is 4.24. The van der Waals surface area contributed by atoms with Crippen molar-refractivity contribution in [3.8, 4) is 0 Å². The average Bonchev–Trinajstić information content (AvgIpc) is 2.31. The van der Waals surface area contributed by atoms with Gasteiger partial charge in [-0.15, -0.1) is 0 Å². The Morgan fingerprint density at radius 1 is 1.33 bits per heavy atom. The molecule has 0 saturated heterocycles. The molecule has 0 saturated carbocycles. The Hall–Kier alpha value is -1.49. The summed E-state index contributed by atoms with van der Waals surface area (Å²) in [5.74, 6) is -1.95. The Morgan fingerprint density at radius 2 is 1.94 bits per heavy atom. The number of benzene rings is 1. The van der Waals surface area contributed by atoms with E-state index in [2.05, 4.69) is 12.2 Å². The zero-order chi connectivity index (χ0) is 13.5. The van der Waals surface area contributed by atoms with Crippen molar-refractivity contribution in [3.05, 3.63) is 29.8 Å². The van der Waals surface area contributed by atoms with Crippen molar-refractivity contribution in [1.29, 1.82) is 0 Å². The molecule has 0 aliphatic rings. The quantitative estimate of drug-likeness (QED) is 0.848. The van der Waals surface area contributed by atoms with Crippen LogP contribution in [0.15, 0.2) is 18.2 Å². The van der Waals surface area contributed by atoms with Gasteiger partial charge in [-0.25, -0.2) is 8.78 Å². The fraction of sp³-hybridized carbons (Fsp3) is 0.462. The maximum absolute atomic E-state index is 13.3. The lowest BCUT2D eigenvalue weighted by molar-refractivity contribution is -0.117. The number of nitrogens with one attached hydrogen (secondary N) is 1. The molecule has 18 heavy (non-hydrogen) atoms. The number of nitrogens with zero attached hydrogens (tertiary/aromatic N) is 1. The molecule has 1 aromatic carbocycles. The smallest absolute Gasteiger partial charge is 0.238 e. The lowest BCUT2D eigenvalue weighted by atomic mass is 10.3. The second-order valence-corrected chi connectivity index (χ2v) is 4.24. The fourth-order valence-electron chi connectivity index (χ4n) is 1.55. The minimum atomic E-state index is -0.764. The van der Waals surface area contributed by atoms with Gasteiger partial charge in [0.25, 0.3) is 0 Å². The number of anilines is 1.